The fraction of sp³-hybridized carbons (Fsp3) is 0.0833. The van der Waals surface area contributed by atoms with E-state index < -0.39 is 0 Å². The van der Waals surface area contributed by atoms with E-state index in [1.54, 1.807) is 24.4 Å². The standard InChI is InChI=1S/C12H12N2O/c1-14-6-5-10(9-14)8-13-11-3-2-4-12(15)7-11/h2-9,15H,1H3. The number of rotatable bonds is 2. The van der Waals surface area contributed by atoms with Gasteiger partial charge in [0.1, 0.15) is 5.75 Å². The van der Waals surface area contributed by atoms with Gasteiger partial charge in [0.05, 0.1) is 5.69 Å². The van der Waals surface area contributed by atoms with E-state index in [0.29, 0.717) is 0 Å². The number of nitrogens with zero attached hydrogens (tertiary/aromatic N) is 2. The molecule has 0 spiro atoms. The Bertz CT molecular complexity index is 486. The van der Waals surface area contributed by atoms with Gasteiger partial charge in [-0.05, 0) is 18.2 Å². The van der Waals surface area contributed by atoms with E-state index in [1.165, 1.54) is 0 Å². The van der Waals surface area contributed by atoms with Crippen molar-refractivity contribution in [2.75, 3.05) is 0 Å². The Kier molecular flexibility index (Phi) is 2.54. The van der Waals surface area contributed by atoms with Crippen LogP contribution in [0.5, 0.6) is 5.75 Å². The normalized spacial score (nSPS) is 11.0. The molecule has 0 aliphatic carbocycles. The molecular weight excluding hydrogens is 188 g/mol. The summed E-state index contributed by atoms with van der Waals surface area (Å²) in [4.78, 5) is 4.25. The highest BCUT2D eigenvalue weighted by molar-refractivity contribution is 5.81. The van der Waals surface area contributed by atoms with Crippen molar-refractivity contribution in [3.8, 4) is 5.75 Å². The monoisotopic (exact) mass is 200 g/mol. The maximum Gasteiger partial charge on any atom is 0.117 e. The molecule has 0 radical (unpaired) electrons. The van der Waals surface area contributed by atoms with Crippen molar-refractivity contribution in [2.24, 2.45) is 12.0 Å². The molecule has 1 N–H and O–H groups in total. The van der Waals surface area contributed by atoms with Crippen molar-refractivity contribution in [2.45, 2.75) is 0 Å². The van der Waals surface area contributed by atoms with Gasteiger partial charge < -0.3 is 9.67 Å². The molecular formula is C12H12N2O. The van der Waals surface area contributed by atoms with Gasteiger partial charge in [-0.2, -0.15) is 0 Å². The van der Waals surface area contributed by atoms with E-state index in [9.17, 15) is 5.11 Å². The van der Waals surface area contributed by atoms with E-state index in [4.69, 9.17) is 0 Å². The van der Waals surface area contributed by atoms with Gasteiger partial charge in [-0.1, -0.05) is 6.07 Å². The topological polar surface area (TPSA) is 37.5 Å². The number of aromatic hydroxyl groups is 1. The number of phenols is 1. The lowest BCUT2D eigenvalue weighted by Crippen LogP contribution is -1.79. The summed E-state index contributed by atoms with van der Waals surface area (Å²) in [5.74, 6) is 0.234. The molecule has 3 nitrogen and oxygen atoms in total. The lowest BCUT2D eigenvalue weighted by Gasteiger charge is -1.93. The molecule has 2 aromatic rings. The molecule has 76 valence electrons. The Labute approximate surface area is 88.3 Å². The molecule has 1 heterocycles. The predicted molar refractivity (Wildman–Crippen MR) is 60.8 cm³/mol. The maximum absolute atomic E-state index is 9.24. The Morgan fingerprint density at radius 1 is 1.33 bits per heavy atom. The van der Waals surface area contributed by atoms with Crippen LogP contribution in [-0.4, -0.2) is 15.9 Å². The number of hydrogen-bond donors (Lipinski definition) is 1. The second-order valence-electron chi connectivity index (χ2n) is 3.39. The van der Waals surface area contributed by atoms with E-state index in [1.807, 2.05) is 36.1 Å². The predicted octanol–water partition coefficient (Wildman–Crippen LogP) is 2.48. The zero-order valence-electron chi connectivity index (χ0n) is 8.46. The van der Waals surface area contributed by atoms with Crippen molar-refractivity contribution in [3.63, 3.8) is 0 Å². The summed E-state index contributed by atoms with van der Waals surface area (Å²) in [6, 6.07) is 8.85. The van der Waals surface area contributed by atoms with Crippen molar-refractivity contribution in [3.05, 3.63) is 48.3 Å². The number of benzene rings is 1. The summed E-state index contributed by atoms with van der Waals surface area (Å²) in [5.41, 5.74) is 1.79. The number of hydrogen-bond acceptors (Lipinski definition) is 2. The first-order valence-electron chi connectivity index (χ1n) is 4.69. The lowest BCUT2D eigenvalue weighted by molar-refractivity contribution is 0.475. The largest absolute Gasteiger partial charge is 0.508 e. The van der Waals surface area contributed by atoms with Crippen LogP contribution >= 0.6 is 0 Å². The van der Waals surface area contributed by atoms with Gasteiger partial charge in [0.2, 0.25) is 0 Å². The Morgan fingerprint density at radius 3 is 2.87 bits per heavy atom. The first kappa shape index (κ1) is 9.52. The molecule has 0 aliphatic rings. The summed E-state index contributed by atoms with van der Waals surface area (Å²) in [7, 11) is 1.96. The quantitative estimate of drug-likeness (QED) is 0.743. The van der Waals surface area contributed by atoms with Crippen molar-refractivity contribution < 1.29 is 5.11 Å². The molecule has 0 atom stereocenters. The molecule has 2 rings (SSSR count). The second-order valence-corrected chi connectivity index (χ2v) is 3.39. The Morgan fingerprint density at radius 2 is 2.20 bits per heavy atom. The second kappa shape index (κ2) is 4.00. The van der Waals surface area contributed by atoms with Gasteiger partial charge in [0.15, 0.2) is 0 Å². The molecule has 0 unspecified atom stereocenters. The van der Waals surface area contributed by atoms with Crippen LogP contribution in [0, 0.1) is 0 Å². The number of phenolic OH excluding ortho intramolecular Hbond substituents is 1. The van der Waals surface area contributed by atoms with Gasteiger partial charge in [-0.3, -0.25) is 4.99 Å². The van der Waals surface area contributed by atoms with Gasteiger partial charge in [0, 0.05) is 37.3 Å². The van der Waals surface area contributed by atoms with E-state index in [0.717, 1.165) is 11.3 Å². The summed E-state index contributed by atoms with van der Waals surface area (Å²) in [6.07, 6.45) is 5.71. The minimum atomic E-state index is 0.234. The maximum atomic E-state index is 9.24. The summed E-state index contributed by atoms with van der Waals surface area (Å²) >= 11 is 0. The van der Waals surface area contributed by atoms with Gasteiger partial charge >= 0.3 is 0 Å². The third-order valence-electron chi connectivity index (χ3n) is 2.05. The molecule has 0 amide bonds. The fourth-order valence-corrected chi connectivity index (χ4v) is 1.32. The smallest absolute Gasteiger partial charge is 0.117 e. The highest BCUT2D eigenvalue weighted by Gasteiger charge is 1.92. The highest BCUT2D eigenvalue weighted by atomic mass is 16.3. The van der Waals surface area contributed by atoms with Gasteiger partial charge in [-0.15, -0.1) is 0 Å². The molecule has 1 aromatic heterocycles. The van der Waals surface area contributed by atoms with Gasteiger partial charge in [0.25, 0.3) is 0 Å². The van der Waals surface area contributed by atoms with Gasteiger partial charge in [-0.25, -0.2) is 0 Å². The van der Waals surface area contributed by atoms with Crippen LogP contribution in [0.15, 0.2) is 47.7 Å². The van der Waals surface area contributed by atoms with Crippen LogP contribution in [0.4, 0.5) is 5.69 Å². The minimum Gasteiger partial charge on any atom is -0.508 e. The average Bonchev–Trinajstić information content (AvgIpc) is 2.62. The molecule has 1 aromatic carbocycles. The SMILES string of the molecule is Cn1ccc(C=Nc2cccc(O)c2)c1. The fourth-order valence-electron chi connectivity index (χ4n) is 1.32. The summed E-state index contributed by atoms with van der Waals surface area (Å²) in [6.45, 7) is 0. The van der Waals surface area contributed by atoms with Crippen molar-refractivity contribution in [1.29, 1.82) is 0 Å². The third-order valence-corrected chi connectivity index (χ3v) is 2.05. The molecule has 0 aliphatic heterocycles. The average molecular weight is 200 g/mol. The minimum absolute atomic E-state index is 0.234. The molecule has 0 saturated carbocycles. The number of aryl methyl sites for hydroxylation is 1. The summed E-state index contributed by atoms with van der Waals surface area (Å²) in [5, 5.41) is 9.24. The van der Waals surface area contributed by atoms with Crippen LogP contribution in [0.25, 0.3) is 0 Å². The van der Waals surface area contributed by atoms with Crippen LogP contribution in [-0.2, 0) is 7.05 Å². The first-order chi connectivity index (χ1) is 7.24. The molecule has 3 heteroatoms. The van der Waals surface area contributed by atoms with E-state index >= 15 is 0 Å². The van der Waals surface area contributed by atoms with Crippen LogP contribution < -0.4 is 0 Å². The molecule has 0 bridgehead atoms. The zero-order valence-corrected chi connectivity index (χ0v) is 8.46. The summed E-state index contributed by atoms with van der Waals surface area (Å²) < 4.78 is 1.96. The first-order valence-corrected chi connectivity index (χ1v) is 4.69. The molecule has 0 fully saturated rings. The molecule has 15 heavy (non-hydrogen) atoms. The third kappa shape index (κ3) is 2.47. The molecule has 0 saturated heterocycles. The zero-order chi connectivity index (χ0) is 10.7. The number of aromatic nitrogens is 1. The van der Waals surface area contributed by atoms with Crippen LogP contribution in [0.1, 0.15) is 5.56 Å². The van der Waals surface area contributed by atoms with E-state index in [-0.39, 0.29) is 5.75 Å². The highest BCUT2D eigenvalue weighted by Crippen LogP contribution is 2.18. The Hall–Kier alpha value is -2.03. The van der Waals surface area contributed by atoms with Crippen molar-refractivity contribution in [1.82, 2.24) is 4.57 Å². The van der Waals surface area contributed by atoms with Crippen LogP contribution in [0.3, 0.4) is 0 Å². The van der Waals surface area contributed by atoms with E-state index in [2.05, 4.69) is 4.99 Å². The number of aliphatic imine (C=N–C) groups is 1. The lowest BCUT2D eigenvalue weighted by atomic mass is 10.3. The van der Waals surface area contributed by atoms with Crippen LogP contribution in [0.2, 0.25) is 0 Å². The Balaban J connectivity index is 2.18. The van der Waals surface area contributed by atoms with Crippen molar-refractivity contribution >= 4 is 11.9 Å².